The maximum absolute atomic E-state index is 11.4. The third-order valence-electron chi connectivity index (χ3n) is 2.65. The molecular formula is C9H13BrO3. The van der Waals surface area contributed by atoms with Gasteiger partial charge in [0, 0.05) is 11.2 Å². The number of alkyl halides is 1. The van der Waals surface area contributed by atoms with E-state index in [1.54, 1.807) is 6.92 Å². The molecule has 0 heterocycles. The van der Waals surface area contributed by atoms with Crippen molar-refractivity contribution in [1.82, 2.24) is 0 Å². The number of Topliss-reactive ketones (excluding diaryl/α,β-unsaturated/α-hetero) is 1. The maximum atomic E-state index is 11.4. The van der Waals surface area contributed by atoms with Crippen LogP contribution in [0, 0.1) is 11.8 Å². The van der Waals surface area contributed by atoms with Crippen molar-refractivity contribution in [2.75, 3.05) is 5.33 Å². The number of aliphatic hydroxyl groups excluding tert-OH is 2. The molecule has 0 spiro atoms. The summed E-state index contributed by atoms with van der Waals surface area (Å²) in [6.07, 6.45) is 0.674. The molecule has 2 N–H and O–H groups in total. The first-order valence-corrected chi connectivity index (χ1v) is 5.38. The smallest absolute Gasteiger partial charge is 0.167 e. The average molecular weight is 249 g/mol. The van der Waals surface area contributed by atoms with Gasteiger partial charge < -0.3 is 10.2 Å². The second-order valence-electron chi connectivity index (χ2n) is 3.32. The lowest BCUT2D eigenvalue weighted by Gasteiger charge is -2.15. The van der Waals surface area contributed by atoms with Crippen LogP contribution in [0.3, 0.4) is 0 Å². The Kier molecular flexibility index (Phi) is 3.50. The van der Waals surface area contributed by atoms with E-state index in [4.69, 9.17) is 5.11 Å². The van der Waals surface area contributed by atoms with Gasteiger partial charge in [-0.3, -0.25) is 4.79 Å². The number of carbonyl (C=O) groups excluding carboxylic acids is 1. The third-order valence-corrected chi connectivity index (χ3v) is 3.10. The molecular weight excluding hydrogens is 236 g/mol. The molecule has 0 amide bonds. The number of aliphatic hydroxyl groups is 2. The van der Waals surface area contributed by atoms with Crippen molar-refractivity contribution in [3.8, 4) is 0 Å². The van der Waals surface area contributed by atoms with Gasteiger partial charge >= 0.3 is 0 Å². The van der Waals surface area contributed by atoms with Gasteiger partial charge in [0.05, 0.1) is 17.9 Å². The fourth-order valence-electron chi connectivity index (χ4n) is 1.78. The molecule has 3 nitrogen and oxygen atoms in total. The Hall–Kier alpha value is -0.350. The fourth-order valence-corrected chi connectivity index (χ4v) is 2.31. The minimum absolute atomic E-state index is 0.0646. The van der Waals surface area contributed by atoms with Crippen LogP contribution in [0.4, 0.5) is 0 Å². The second kappa shape index (κ2) is 4.24. The highest BCUT2D eigenvalue weighted by Crippen LogP contribution is 2.35. The molecule has 0 aromatic rings. The molecule has 1 rings (SSSR count). The summed E-state index contributed by atoms with van der Waals surface area (Å²) in [5.74, 6) is -0.392. The summed E-state index contributed by atoms with van der Waals surface area (Å²) in [5, 5.41) is 19.2. The van der Waals surface area contributed by atoms with Crippen LogP contribution in [0.2, 0.25) is 0 Å². The minimum atomic E-state index is -0.801. The Balaban J connectivity index is 2.85. The minimum Gasteiger partial charge on any atom is -0.515 e. The van der Waals surface area contributed by atoms with E-state index in [0.717, 1.165) is 18.0 Å². The molecule has 1 fully saturated rings. The molecule has 1 aliphatic carbocycles. The van der Waals surface area contributed by atoms with E-state index in [1.807, 2.05) is 0 Å². The molecule has 0 radical (unpaired) electrons. The fraction of sp³-hybridized carbons (Fsp3) is 0.667. The number of carbonyl (C=O) groups is 1. The largest absolute Gasteiger partial charge is 0.515 e. The lowest BCUT2D eigenvalue weighted by Crippen LogP contribution is -2.19. The van der Waals surface area contributed by atoms with Crippen molar-refractivity contribution >= 4 is 21.7 Å². The van der Waals surface area contributed by atoms with E-state index in [1.165, 1.54) is 0 Å². The average Bonchev–Trinajstić information content (AvgIpc) is 2.31. The molecule has 74 valence electrons. The van der Waals surface area contributed by atoms with Gasteiger partial charge in [-0.15, -0.1) is 0 Å². The zero-order valence-electron chi connectivity index (χ0n) is 7.40. The van der Waals surface area contributed by atoms with Crippen LogP contribution >= 0.6 is 15.9 Å². The first kappa shape index (κ1) is 10.7. The molecule has 0 aliphatic heterocycles. The van der Waals surface area contributed by atoms with Crippen LogP contribution in [-0.2, 0) is 4.79 Å². The Morgan fingerprint density at radius 2 is 2.23 bits per heavy atom. The van der Waals surface area contributed by atoms with Crippen LogP contribution < -0.4 is 0 Å². The predicted molar refractivity (Wildman–Crippen MR) is 52.8 cm³/mol. The zero-order valence-corrected chi connectivity index (χ0v) is 8.99. The van der Waals surface area contributed by atoms with Gasteiger partial charge in [0.25, 0.3) is 0 Å². The molecule has 0 saturated heterocycles. The Morgan fingerprint density at radius 3 is 2.62 bits per heavy atom. The molecule has 0 bridgehead atoms. The molecule has 1 aliphatic rings. The molecule has 0 aromatic heterocycles. The summed E-state index contributed by atoms with van der Waals surface area (Å²) in [7, 11) is 0. The summed E-state index contributed by atoms with van der Waals surface area (Å²) in [6.45, 7) is 1.79. The van der Waals surface area contributed by atoms with Crippen LogP contribution in [0.15, 0.2) is 11.8 Å². The lowest BCUT2D eigenvalue weighted by molar-refractivity contribution is -0.118. The predicted octanol–water partition coefficient (Wildman–Crippen LogP) is 1.41. The van der Waals surface area contributed by atoms with E-state index in [-0.39, 0.29) is 23.2 Å². The summed E-state index contributed by atoms with van der Waals surface area (Å²) in [5.41, 5.74) is 0.151. The number of halogens is 1. The number of hydrogen-bond donors (Lipinski definition) is 2. The summed E-state index contributed by atoms with van der Waals surface area (Å²) in [6, 6.07) is 0. The van der Waals surface area contributed by atoms with Crippen LogP contribution in [0.1, 0.15) is 13.3 Å². The summed E-state index contributed by atoms with van der Waals surface area (Å²) < 4.78 is 0. The second-order valence-corrected chi connectivity index (χ2v) is 4.12. The summed E-state index contributed by atoms with van der Waals surface area (Å²) >= 11 is 3.27. The Labute approximate surface area is 85.6 Å². The number of ketones is 1. The normalized spacial score (nSPS) is 37.3. The molecule has 3 atom stereocenters. The van der Waals surface area contributed by atoms with E-state index < -0.39 is 6.10 Å². The van der Waals surface area contributed by atoms with Crippen molar-refractivity contribution in [2.45, 2.75) is 19.4 Å². The highest BCUT2D eigenvalue weighted by atomic mass is 79.9. The van der Waals surface area contributed by atoms with Crippen LogP contribution in [0.25, 0.3) is 0 Å². The third kappa shape index (κ3) is 1.79. The van der Waals surface area contributed by atoms with Gasteiger partial charge in [-0.1, -0.05) is 22.9 Å². The van der Waals surface area contributed by atoms with Crippen LogP contribution in [0.5, 0.6) is 0 Å². The zero-order chi connectivity index (χ0) is 10.0. The standard InChI is InChI=1S/C9H13BrO3/c1-5-6(2-3-10)9(13)7(4-11)8(5)12/h4-6,9,11,13H,2-3H2,1H3. The van der Waals surface area contributed by atoms with Gasteiger partial charge in [-0.05, 0) is 12.3 Å². The molecule has 3 unspecified atom stereocenters. The van der Waals surface area contributed by atoms with Crippen LogP contribution in [-0.4, -0.2) is 27.4 Å². The van der Waals surface area contributed by atoms with Crippen molar-refractivity contribution in [3.05, 3.63) is 11.8 Å². The van der Waals surface area contributed by atoms with Crippen molar-refractivity contribution in [2.24, 2.45) is 11.8 Å². The highest BCUT2D eigenvalue weighted by molar-refractivity contribution is 9.09. The van der Waals surface area contributed by atoms with Gasteiger partial charge in [-0.25, -0.2) is 0 Å². The SMILES string of the molecule is CC1C(=O)C(=CO)C(O)C1CCBr. The highest BCUT2D eigenvalue weighted by Gasteiger charge is 2.42. The van der Waals surface area contributed by atoms with E-state index in [0.29, 0.717) is 0 Å². The molecule has 0 aromatic carbocycles. The quantitative estimate of drug-likeness (QED) is 0.442. The van der Waals surface area contributed by atoms with E-state index in [2.05, 4.69) is 15.9 Å². The molecule has 13 heavy (non-hydrogen) atoms. The lowest BCUT2D eigenvalue weighted by atomic mass is 9.94. The topological polar surface area (TPSA) is 57.5 Å². The molecule has 1 saturated carbocycles. The summed E-state index contributed by atoms with van der Waals surface area (Å²) in [4.78, 5) is 11.4. The van der Waals surface area contributed by atoms with E-state index in [9.17, 15) is 9.90 Å². The molecule has 4 heteroatoms. The maximum Gasteiger partial charge on any atom is 0.167 e. The monoisotopic (exact) mass is 248 g/mol. The van der Waals surface area contributed by atoms with Crippen molar-refractivity contribution < 1.29 is 15.0 Å². The van der Waals surface area contributed by atoms with Crippen molar-refractivity contribution in [1.29, 1.82) is 0 Å². The number of hydrogen-bond acceptors (Lipinski definition) is 3. The van der Waals surface area contributed by atoms with Gasteiger partial charge in [-0.2, -0.15) is 0 Å². The van der Waals surface area contributed by atoms with Gasteiger partial charge in [0.1, 0.15) is 0 Å². The Bertz CT molecular complexity index is 237. The van der Waals surface area contributed by atoms with E-state index >= 15 is 0 Å². The van der Waals surface area contributed by atoms with Gasteiger partial charge in [0.2, 0.25) is 0 Å². The van der Waals surface area contributed by atoms with Gasteiger partial charge in [0.15, 0.2) is 5.78 Å². The first-order chi connectivity index (χ1) is 6.13. The Morgan fingerprint density at radius 1 is 1.62 bits per heavy atom. The first-order valence-electron chi connectivity index (χ1n) is 4.26. The van der Waals surface area contributed by atoms with Crippen molar-refractivity contribution in [3.63, 3.8) is 0 Å². The number of rotatable bonds is 2.